The van der Waals surface area contributed by atoms with Crippen LogP contribution < -0.4 is 13.2 Å². The second kappa shape index (κ2) is 5.86. The maximum absolute atomic E-state index is 4.60. The zero-order valence-electron chi connectivity index (χ0n) is 10.5. The van der Waals surface area contributed by atoms with E-state index in [0.29, 0.717) is 0 Å². The van der Waals surface area contributed by atoms with Gasteiger partial charge < -0.3 is 0 Å². The van der Waals surface area contributed by atoms with Gasteiger partial charge in [-0.15, -0.1) is 0 Å². The Kier molecular flexibility index (Phi) is 3.76. The summed E-state index contributed by atoms with van der Waals surface area (Å²) in [4.78, 5) is 4.60. The van der Waals surface area contributed by atoms with Gasteiger partial charge in [-0.05, 0) is 0 Å². The van der Waals surface area contributed by atoms with Crippen LogP contribution in [0.5, 0.6) is 0 Å². The zero-order valence-corrected chi connectivity index (χ0v) is 12.4. The molecule has 0 aliphatic carbocycles. The van der Waals surface area contributed by atoms with Crippen LogP contribution in [-0.4, -0.2) is 19.6 Å². The maximum atomic E-state index is 4.60. The molecule has 0 N–H and O–H groups in total. The van der Waals surface area contributed by atoms with Gasteiger partial charge in [0, 0.05) is 0 Å². The third kappa shape index (κ3) is 2.77. The number of rotatable bonds is 3. The molecular weight excluding hydrogens is 293 g/mol. The Morgan fingerprint density at radius 1 is 0.579 bits per heavy atom. The van der Waals surface area contributed by atoms with E-state index in [1.165, 1.54) is 13.2 Å². The molecule has 2 aromatic carbocycles. The van der Waals surface area contributed by atoms with Gasteiger partial charge in [-0.25, -0.2) is 0 Å². The van der Waals surface area contributed by atoms with Crippen LogP contribution in [-0.2, 0) is 0 Å². The summed E-state index contributed by atoms with van der Waals surface area (Å²) < 4.78 is 4.06. The molecule has 2 heteroatoms. The Labute approximate surface area is 118 Å². The zero-order chi connectivity index (χ0) is 12.9. The van der Waals surface area contributed by atoms with Gasteiger partial charge in [-0.1, -0.05) is 0 Å². The Morgan fingerprint density at radius 2 is 1.11 bits per heavy atom. The second-order valence-electron chi connectivity index (χ2n) is 4.19. The van der Waals surface area contributed by atoms with Crippen LogP contribution in [0.1, 0.15) is 0 Å². The van der Waals surface area contributed by atoms with Gasteiger partial charge in [0.05, 0.1) is 0 Å². The van der Waals surface area contributed by atoms with Crippen molar-refractivity contribution in [3.05, 3.63) is 85.1 Å². The molecule has 0 aliphatic rings. The van der Waals surface area contributed by atoms with Crippen molar-refractivity contribution in [2.45, 2.75) is 0 Å². The van der Waals surface area contributed by atoms with Crippen molar-refractivity contribution in [3.63, 3.8) is 0 Å². The molecule has 0 saturated heterocycles. The molecule has 1 aromatic heterocycles. The summed E-state index contributed by atoms with van der Waals surface area (Å²) in [6.45, 7) is 0. The van der Waals surface area contributed by atoms with Gasteiger partial charge in [0.15, 0.2) is 0 Å². The van der Waals surface area contributed by atoms with Crippen LogP contribution in [0, 0.1) is 0 Å². The van der Waals surface area contributed by atoms with Crippen LogP contribution >= 0.6 is 0 Å². The van der Waals surface area contributed by atoms with Gasteiger partial charge in [0.2, 0.25) is 0 Å². The first-order valence-corrected chi connectivity index (χ1v) is 9.08. The molecule has 0 amide bonds. The van der Waals surface area contributed by atoms with Crippen molar-refractivity contribution in [1.82, 2.24) is 4.98 Å². The number of hydrogen-bond donors (Lipinski definition) is 0. The summed E-state index contributed by atoms with van der Waals surface area (Å²) in [5, 5.41) is 0. The first-order valence-electron chi connectivity index (χ1n) is 6.26. The molecule has 0 fully saturated rings. The van der Waals surface area contributed by atoms with E-state index in [1.807, 2.05) is 12.3 Å². The number of pyridine rings is 1. The Bertz CT molecular complexity index is 529. The monoisotopic (exact) mass is 307 g/mol. The molecule has 19 heavy (non-hydrogen) atoms. The summed E-state index contributed by atoms with van der Waals surface area (Å²) in [5.74, 6) is 0. The van der Waals surface area contributed by atoms with Gasteiger partial charge in [0.25, 0.3) is 0 Å². The molecule has 0 atom stereocenters. The molecule has 1 nitrogen and oxygen atoms in total. The van der Waals surface area contributed by atoms with E-state index in [4.69, 9.17) is 0 Å². The number of benzene rings is 2. The molecule has 92 valence electrons. The van der Waals surface area contributed by atoms with E-state index in [2.05, 4.69) is 77.8 Å². The molecule has 3 aromatic rings. The van der Waals surface area contributed by atoms with Crippen LogP contribution in [0.3, 0.4) is 0 Å². The quantitative estimate of drug-likeness (QED) is 0.670. The molecule has 0 radical (unpaired) electrons. The number of aromatic nitrogens is 1. The summed E-state index contributed by atoms with van der Waals surface area (Å²) in [7, 11) is 0. The van der Waals surface area contributed by atoms with Gasteiger partial charge in [-0.2, -0.15) is 0 Å². The average Bonchev–Trinajstić information content (AvgIpc) is 2.51. The van der Waals surface area contributed by atoms with E-state index in [9.17, 15) is 0 Å². The molecule has 0 unspecified atom stereocenters. The Morgan fingerprint density at radius 3 is 1.58 bits per heavy atom. The van der Waals surface area contributed by atoms with Crippen LogP contribution in [0.4, 0.5) is 0 Å². The molecule has 1 heterocycles. The minimum atomic E-state index is -1.50. The summed E-state index contributed by atoms with van der Waals surface area (Å²) in [5.41, 5.74) is 0. The van der Waals surface area contributed by atoms with Crippen molar-refractivity contribution >= 4 is 27.8 Å². The van der Waals surface area contributed by atoms with Gasteiger partial charge in [-0.3, -0.25) is 0 Å². The van der Waals surface area contributed by atoms with Crippen molar-refractivity contribution in [1.29, 1.82) is 0 Å². The van der Waals surface area contributed by atoms with E-state index in [1.54, 1.807) is 0 Å². The van der Waals surface area contributed by atoms with Crippen LogP contribution in [0.2, 0.25) is 0 Å². The van der Waals surface area contributed by atoms with Crippen molar-refractivity contribution in [3.8, 4) is 0 Å². The summed E-state index contributed by atoms with van der Waals surface area (Å²) in [6.07, 6.45) is 1.89. The molecule has 0 saturated carbocycles. The van der Waals surface area contributed by atoms with Crippen LogP contribution in [0.15, 0.2) is 85.1 Å². The number of hydrogen-bond acceptors (Lipinski definition) is 1. The molecule has 0 bridgehead atoms. The fourth-order valence-electron chi connectivity index (χ4n) is 2.05. The number of nitrogens with zero attached hydrogens (tertiary/aromatic N) is 1. The van der Waals surface area contributed by atoms with E-state index >= 15 is 0 Å². The van der Waals surface area contributed by atoms with E-state index in [-0.39, 0.29) is 0 Å². The van der Waals surface area contributed by atoms with Crippen LogP contribution in [0.25, 0.3) is 0 Å². The molecule has 0 aliphatic heterocycles. The second-order valence-corrected chi connectivity index (χ2v) is 8.73. The predicted molar refractivity (Wildman–Crippen MR) is 81.8 cm³/mol. The SMILES string of the molecule is c1ccc([As](c2ccccc2)c2ccccn2)cc1. The normalized spacial score (nSPS) is 10.6. The Balaban J connectivity index is 2.12. The third-order valence-corrected chi connectivity index (χ3v) is 7.84. The average molecular weight is 307 g/mol. The molecule has 3 rings (SSSR count). The standard InChI is InChI=1S/C17H14AsN/c1-3-9-15(10-4-1)18(16-11-5-2-6-12-16)17-13-7-8-14-19-17/h1-14H. The van der Waals surface area contributed by atoms with E-state index < -0.39 is 14.7 Å². The first-order chi connectivity index (χ1) is 9.45. The minimum absolute atomic E-state index is 1.23. The summed E-state index contributed by atoms with van der Waals surface area (Å²) in [6, 6.07) is 27.7. The summed E-state index contributed by atoms with van der Waals surface area (Å²) >= 11 is -1.50. The fourth-order valence-corrected chi connectivity index (χ4v) is 6.64. The van der Waals surface area contributed by atoms with Gasteiger partial charge >= 0.3 is 118 Å². The van der Waals surface area contributed by atoms with Crippen molar-refractivity contribution < 1.29 is 0 Å². The topological polar surface area (TPSA) is 12.9 Å². The fraction of sp³-hybridized carbons (Fsp3) is 0. The predicted octanol–water partition coefficient (Wildman–Crippen LogP) is 1.60. The Hall–Kier alpha value is -1.85. The van der Waals surface area contributed by atoms with Gasteiger partial charge in [0.1, 0.15) is 0 Å². The third-order valence-electron chi connectivity index (χ3n) is 2.91. The first kappa shape index (κ1) is 12.2. The van der Waals surface area contributed by atoms with Crippen molar-refractivity contribution in [2.24, 2.45) is 0 Å². The molecular formula is C17H14AsN. The van der Waals surface area contributed by atoms with Crippen molar-refractivity contribution in [2.75, 3.05) is 0 Å². The van der Waals surface area contributed by atoms with E-state index in [0.717, 1.165) is 0 Å². The molecule has 0 spiro atoms.